The second-order valence-electron chi connectivity index (χ2n) is 6.11. The van der Waals surface area contributed by atoms with Crippen molar-refractivity contribution in [3.05, 3.63) is 21.8 Å². The third kappa shape index (κ3) is 2.14. The maximum atomic E-state index is 6.00. The Hall–Kier alpha value is -0.450. The molecule has 2 rings (SSSR count). The minimum atomic E-state index is 0.429. The molecule has 1 aliphatic rings. The van der Waals surface area contributed by atoms with E-state index in [2.05, 4.69) is 67.7 Å². The summed E-state index contributed by atoms with van der Waals surface area (Å²) in [6.45, 7) is 10.4. The van der Waals surface area contributed by atoms with Crippen molar-refractivity contribution in [3.63, 3.8) is 0 Å². The van der Waals surface area contributed by atoms with Crippen LogP contribution in [-0.2, 0) is 0 Å². The number of nitrogens with one attached hydrogen (secondary N) is 1. The van der Waals surface area contributed by atoms with Crippen LogP contribution in [0.1, 0.15) is 27.7 Å². The van der Waals surface area contributed by atoms with E-state index in [0.29, 0.717) is 16.7 Å². The van der Waals surface area contributed by atoms with Crippen molar-refractivity contribution in [2.45, 2.75) is 27.7 Å². The Labute approximate surface area is 117 Å². The molecule has 0 aliphatic heterocycles. The van der Waals surface area contributed by atoms with Gasteiger partial charge in [0.1, 0.15) is 0 Å². The molecule has 0 atom stereocenters. The summed E-state index contributed by atoms with van der Waals surface area (Å²) in [6.07, 6.45) is 0. The molecule has 1 aliphatic carbocycles. The topological polar surface area (TPSA) is 38.0 Å². The number of rotatable bonds is 3. The fourth-order valence-corrected chi connectivity index (χ4v) is 3.27. The average molecular weight is 344 g/mol. The van der Waals surface area contributed by atoms with Gasteiger partial charge in [-0.3, -0.25) is 0 Å². The van der Waals surface area contributed by atoms with Crippen LogP contribution in [0, 0.1) is 20.3 Å². The van der Waals surface area contributed by atoms with Gasteiger partial charge in [-0.25, -0.2) is 0 Å². The molecule has 2 nitrogen and oxygen atoms in total. The Bertz CT molecular complexity index is 424. The van der Waals surface area contributed by atoms with Gasteiger partial charge in [-0.05, 0) is 57.5 Å². The molecule has 3 N–H and O–H groups in total. The fraction of sp³-hybridized carbons (Fsp3) is 0.571. The highest BCUT2D eigenvalue weighted by atomic mass is 127. The highest BCUT2D eigenvalue weighted by Crippen LogP contribution is 2.68. The lowest BCUT2D eigenvalue weighted by atomic mass is 10.0. The van der Waals surface area contributed by atoms with Gasteiger partial charge in [0, 0.05) is 10.1 Å². The SMILES string of the molecule is CC1(C)C(CNc2ccc(I)cc2N)C1(C)C. The molecule has 1 aromatic carbocycles. The van der Waals surface area contributed by atoms with Crippen LogP contribution in [0.25, 0.3) is 0 Å². The van der Waals surface area contributed by atoms with Crippen LogP contribution in [0.3, 0.4) is 0 Å². The van der Waals surface area contributed by atoms with Gasteiger partial charge < -0.3 is 11.1 Å². The van der Waals surface area contributed by atoms with Crippen LogP contribution in [0.5, 0.6) is 0 Å². The maximum absolute atomic E-state index is 6.00. The van der Waals surface area contributed by atoms with Crippen LogP contribution >= 0.6 is 22.6 Å². The zero-order valence-corrected chi connectivity index (χ0v) is 13.1. The van der Waals surface area contributed by atoms with Crippen molar-refractivity contribution >= 4 is 34.0 Å². The molecule has 1 aromatic rings. The van der Waals surface area contributed by atoms with Crippen LogP contribution < -0.4 is 11.1 Å². The van der Waals surface area contributed by atoms with Gasteiger partial charge in [-0.15, -0.1) is 0 Å². The summed E-state index contributed by atoms with van der Waals surface area (Å²) in [7, 11) is 0. The number of hydrogen-bond donors (Lipinski definition) is 2. The largest absolute Gasteiger partial charge is 0.397 e. The Balaban J connectivity index is 2.00. The Kier molecular flexibility index (Phi) is 3.09. The van der Waals surface area contributed by atoms with E-state index in [9.17, 15) is 0 Å². The molecule has 0 aromatic heterocycles. The molecule has 3 heteroatoms. The van der Waals surface area contributed by atoms with Gasteiger partial charge >= 0.3 is 0 Å². The van der Waals surface area contributed by atoms with Crippen molar-refractivity contribution in [1.29, 1.82) is 0 Å². The summed E-state index contributed by atoms with van der Waals surface area (Å²) in [4.78, 5) is 0. The predicted molar refractivity (Wildman–Crippen MR) is 83.1 cm³/mol. The van der Waals surface area contributed by atoms with E-state index >= 15 is 0 Å². The molecule has 17 heavy (non-hydrogen) atoms. The van der Waals surface area contributed by atoms with E-state index in [1.54, 1.807) is 0 Å². The molecule has 94 valence electrons. The third-order valence-electron chi connectivity index (χ3n) is 4.83. The lowest BCUT2D eigenvalue weighted by Gasteiger charge is -2.10. The van der Waals surface area contributed by atoms with Crippen molar-refractivity contribution in [3.8, 4) is 0 Å². The molecule has 0 heterocycles. The first-order valence-corrected chi connectivity index (χ1v) is 7.13. The number of nitrogen functional groups attached to an aromatic ring is 1. The van der Waals surface area contributed by atoms with Gasteiger partial charge in [0.25, 0.3) is 0 Å². The number of anilines is 2. The Morgan fingerprint density at radius 2 is 1.82 bits per heavy atom. The minimum absolute atomic E-state index is 0.429. The molecular formula is C14H21IN2. The lowest BCUT2D eigenvalue weighted by Crippen LogP contribution is -2.09. The fourth-order valence-electron chi connectivity index (χ4n) is 2.75. The molecule has 0 radical (unpaired) electrons. The van der Waals surface area contributed by atoms with Gasteiger partial charge in [0.15, 0.2) is 0 Å². The van der Waals surface area contributed by atoms with E-state index in [1.807, 2.05) is 6.07 Å². The van der Waals surface area contributed by atoms with Gasteiger partial charge in [-0.1, -0.05) is 27.7 Å². The first kappa shape index (κ1) is 13.0. The molecule has 0 unspecified atom stereocenters. The van der Waals surface area contributed by atoms with Crippen molar-refractivity contribution in [2.24, 2.45) is 16.7 Å². The van der Waals surface area contributed by atoms with Crippen molar-refractivity contribution < 1.29 is 0 Å². The highest BCUT2D eigenvalue weighted by molar-refractivity contribution is 14.1. The number of benzene rings is 1. The van der Waals surface area contributed by atoms with Crippen molar-refractivity contribution in [1.82, 2.24) is 0 Å². The predicted octanol–water partition coefficient (Wildman–Crippen LogP) is 3.97. The van der Waals surface area contributed by atoms with Crippen LogP contribution in [0.2, 0.25) is 0 Å². The quantitative estimate of drug-likeness (QED) is 0.643. The number of halogens is 1. The second kappa shape index (κ2) is 4.04. The molecular weight excluding hydrogens is 323 g/mol. The number of nitrogens with two attached hydrogens (primary N) is 1. The maximum Gasteiger partial charge on any atom is 0.0574 e. The zero-order valence-electron chi connectivity index (χ0n) is 11.0. The van der Waals surface area contributed by atoms with Gasteiger partial charge in [0.05, 0.1) is 11.4 Å². The molecule has 0 amide bonds. The summed E-state index contributed by atoms with van der Waals surface area (Å²) < 4.78 is 1.18. The molecule has 1 saturated carbocycles. The summed E-state index contributed by atoms with van der Waals surface area (Å²) in [6, 6.07) is 6.16. The summed E-state index contributed by atoms with van der Waals surface area (Å²) >= 11 is 2.28. The van der Waals surface area contributed by atoms with E-state index in [4.69, 9.17) is 5.73 Å². The number of hydrogen-bond acceptors (Lipinski definition) is 2. The highest BCUT2D eigenvalue weighted by Gasteiger charge is 2.63. The monoisotopic (exact) mass is 344 g/mol. The Morgan fingerprint density at radius 3 is 2.29 bits per heavy atom. The normalized spacial score (nSPS) is 21.2. The molecule has 0 bridgehead atoms. The Morgan fingerprint density at radius 1 is 1.24 bits per heavy atom. The standard InChI is InChI=1S/C14H21IN2/c1-13(2)12(14(13,3)4)8-17-11-6-5-9(15)7-10(11)16/h5-7,12,17H,8,16H2,1-4H3. The molecule has 0 saturated heterocycles. The van der Waals surface area contributed by atoms with Crippen LogP contribution in [-0.4, -0.2) is 6.54 Å². The summed E-state index contributed by atoms with van der Waals surface area (Å²) in [5.74, 6) is 0.716. The summed E-state index contributed by atoms with van der Waals surface area (Å²) in [5.41, 5.74) is 8.75. The van der Waals surface area contributed by atoms with E-state index in [-0.39, 0.29) is 0 Å². The third-order valence-corrected chi connectivity index (χ3v) is 5.50. The van der Waals surface area contributed by atoms with Gasteiger partial charge in [0.2, 0.25) is 0 Å². The van der Waals surface area contributed by atoms with E-state index in [1.165, 1.54) is 3.57 Å². The lowest BCUT2D eigenvalue weighted by molar-refractivity contribution is 0.457. The average Bonchev–Trinajstić information content (AvgIpc) is 2.58. The van der Waals surface area contributed by atoms with Gasteiger partial charge in [-0.2, -0.15) is 0 Å². The zero-order chi connectivity index (χ0) is 12.8. The first-order valence-electron chi connectivity index (χ1n) is 6.05. The second-order valence-corrected chi connectivity index (χ2v) is 7.35. The minimum Gasteiger partial charge on any atom is -0.397 e. The molecule has 0 spiro atoms. The van der Waals surface area contributed by atoms with E-state index < -0.39 is 0 Å². The van der Waals surface area contributed by atoms with Crippen LogP contribution in [0.15, 0.2) is 18.2 Å². The smallest absolute Gasteiger partial charge is 0.0574 e. The summed E-state index contributed by atoms with van der Waals surface area (Å²) in [5, 5.41) is 3.49. The first-order chi connectivity index (χ1) is 7.76. The molecule has 1 fully saturated rings. The van der Waals surface area contributed by atoms with Crippen LogP contribution in [0.4, 0.5) is 11.4 Å². The van der Waals surface area contributed by atoms with E-state index in [0.717, 1.165) is 17.9 Å². The van der Waals surface area contributed by atoms with Crippen molar-refractivity contribution in [2.75, 3.05) is 17.6 Å².